The van der Waals surface area contributed by atoms with E-state index in [1.807, 2.05) is 0 Å². The molecule has 3 nitrogen and oxygen atoms in total. The maximum absolute atomic E-state index is 9.27. The van der Waals surface area contributed by atoms with Gasteiger partial charge in [0.15, 0.2) is 0 Å². The third-order valence-electron chi connectivity index (χ3n) is 4.10. The van der Waals surface area contributed by atoms with Crippen molar-refractivity contribution in [3.05, 3.63) is 0 Å². The van der Waals surface area contributed by atoms with E-state index in [-0.39, 0.29) is 6.10 Å². The highest BCUT2D eigenvalue weighted by molar-refractivity contribution is 4.86. The monoisotopic (exact) mass is 212 g/mol. The van der Waals surface area contributed by atoms with E-state index in [0.717, 1.165) is 18.8 Å². The Bertz CT molecular complexity index is 196. The van der Waals surface area contributed by atoms with Crippen molar-refractivity contribution >= 4 is 0 Å². The molecule has 1 heterocycles. The fourth-order valence-corrected chi connectivity index (χ4v) is 2.72. The summed E-state index contributed by atoms with van der Waals surface area (Å²) in [5.41, 5.74) is 0. The first-order valence-electron chi connectivity index (χ1n) is 6.22. The predicted octanol–water partition coefficient (Wildman–Crippen LogP) is 0.783. The molecule has 15 heavy (non-hydrogen) atoms. The van der Waals surface area contributed by atoms with Gasteiger partial charge in [-0.15, -0.1) is 0 Å². The molecule has 88 valence electrons. The Hall–Kier alpha value is -0.120. The topological polar surface area (TPSA) is 26.7 Å². The van der Waals surface area contributed by atoms with Crippen LogP contribution in [0.4, 0.5) is 0 Å². The lowest BCUT2D eigenvalue weighted by molar-refractivity contribution is 0.00342. The molecule has 0 spiro atoms. The summed E-state index contributed by atoms with van der Waals surface area (Å²) in [5, 5.41) is 9.27. The molecule has 0 aromatic rings. The van der Waals surface area contributed by atoms with Crippen molar-refractivity contribution in [2.45, 2.75) is 37.8 Å². The second-order valence-corrected chi connectivity index (χ2v) is 5.47. The number of aliphatic hydroxyl groups is 1. The largest absolute Gasteiger partial charge is 0.393 e. The van der Waals surface area contributed by atoms with Crippen LogP contribution in [-0.2, 0) is 0 Å². The van der Waals surface area contributed by atoms with Crippen molar-refractivity contribution in [2.75, 3.05) is 33.7 Å². The minimum Gasteiger partial charge on any atom is -0.393 e. The smallest absolute Gasteiger partial charge is 0.0570 e. The highest BCUT2D eigenvalue weighted by Crippen LogP contribution is 2.26. The summed E-state index contributed by atoms with van der Waals surface area (Å²) < 4.78 is 0. The van der Waals surface area contributed by atoms with Gasteiger partial charge in [0.25, 0.3) is 0 Å². The summed E-state index contributed by atoms with van der Waals surface area (Å²) in [6.45, 7) is 3.74. The molecule has 2 fully saturated rings. The van der Waals surface area contributed by atoms with Gasteiger partial charge in [0, 0.05) is 12.6 Å². The fraction of sp³-hybridized carbons (Fsp3) is 1.00. The first kappa shape index (κ1) is 11.4. The number of rotatable bonds is 3. The Morgan fingerprint density at radius 2 is 1.87 bits per heavy atom. The first-order valence-corrected chi connectivity index (χ1v) is 6.22. The second-order valence-electron chi connectivity index (χ2n) is 5.47. The zero-order chi connectivity index (χ0) is 10.8. The first-order chi connectivity index (χ1) is 7.15. The van der Waals surface area contributed by atoms with E-state index in [4.69, 9.17) is 0 Å². The summed E-state index contributed by atoms with van der Waals surface area (Å²) in [5.74, 6) is 0.879. The highest BCUT2D eigenvalue weighted by Gasteiger charge is 2.31. The molecule has 0 radical (unpaired) electrons. The van der Waals surface area contributed by atoms with Gasteiger partial charge in [-0.05, 0) is 58.8 Å². The van der Waals surface area contributed by atoms with Gasteiger partial charge in [-0.2, -0.15) is 0 Å². The Kier molecular flexibility index (Phi) is 3.65. The number of nitrogens with zero attached hydrogens (tertiary/aromatic N) is 2. The summed E-state index contributed by atoms with van der Waals surface area (Å²) >= 11 is 0. The standard InChI is InChI=1S/C12H24N2O/c1-13-5-3-10(4-6-13)9-14(2)11-7-12(15)8-11/h10-12,15H,3-9H2,1-2H3. The third-order valence-corrected chi connectivity index (χ3v) is 4.10. The minimum absolute atomic E-state index is 0.0186. The van der Waals surface area contributed by atoms with Gasteiger partial charge in [-0.1, -0.05) is 0 Å². The predicted molar refractivity (Wildman–Crippen MR) is 61.9 cm³/mol. The number of hydrogen-bond acceptors (Lipinski definition) is 3. The van der Waals surface area contributed by atoms with Crippen LogP contribution in [0.1, 0.15) is 25.7 Å². The van der Waals surface area contributed by atoms with E-state index in [2.05, 4.69) is 23.9 Å². The SMILES string of the molecule is CN1CCC(CN(C)C2CC(O)C2)CC1. The van der Waals surface area contributed by atoms with Crippen LogP contribution >= 0.6 is 0 Å². The molecular weight excluding hydrogens is 188 g/mol. The molecule has 0 unspecified atom stereocenters. The Morgan fingerprint density at radius 3 is 2.40 bits per heavy atom. The van der Waals surface area contributed by atoms with Crippen LogP contribution in [0.5, 0.6) is 0 Å². The van der Waals surface area contributed by atoms with Crippen molar-refractivity contribution in [1.29, 1.82) is 0 Å². The van der Waals surface area contributed by atoms with Gasteiger partial charge in [-0.3, -0.25) is 0 Å². The van der Waals surface area contributed by atoms with Gasteiger partial charge in [0.05, 0.1) is 6.10 Å². The molecule has 0 bridgehead atoms. The van der Waals surface area contributed by atoms with Gasteiger partial charge in [0.1, 0.15) is 0 Å². The summed E-state index contributed by atoms with van der Waals surface area (Å²) in [6, 6.07) is 0.652. The van der Waals surface area contributed by atoms with E-state index in [0.29, 0.717) is 6.04 Å². The van der Waals surface area contributed by atoms with E-state index in [1.165, 1.54) is 32.5 Å². The average Bonchev–Trinajstić information content (AvgIpc) is 2.17. The highest BCUT2D eigenvalue weighted by atomic mass is 16.3. The quantitative estimate of drug-likeness (QED) is 0.749. The maximum Gasteiger partial charge on any atom is 0.0570 e. The molecule has 0 amide bonds. The van der Waals surface area contributed by atoms with Crippen LogP contribution in [0.3, 0.4) is 0 Å². The molecular formula is C12H24N2O. The van der Waals surface area contributed by atoms with Crippen molar-refractivity contribution in [3.63, 3.8) is 0 Å². The molecule has 1 N–H and O–H groups in total. The van der Waals surface area contributed by atoms with Crippen molar-refractivity contribution in [2.24, 2.45) is 5.92 Å². The molecule has 0 aromatic carbocycles. The van der Waals surface area contributed by atoms with E-state index in [1.54, 1.807) is 0 Å². The van der Waals surface area contributed by atoms with Crippen LogP contribution in [0.25, 0.3) is 0 Å². The van der Waals surface area contributed by atoms with Gasteiger partial charge < -0.3 is 14.9 Å². The summed E-state index contributed by atoms with van der Waals surface area (Å²) in [6.07, 6.45) is 4.65. The normalized spacial score (nSPS) is 34.4. The lowest BCUT2D eigenvalue weighted by atomic mass is 9.87. The van der Waals surface area contributed by atoms with E-state index in [9.17, 15) is 5.11 Å². The average molecular weight is 212 g/mol. The molecule has 1 aliphatic carbocycles. The van der Waals surface area contributed by atoms with Crippen molar-refractivity contribution in [1.82, 2.24) is 9.80 Å². The molecule has 2 rings (SSSR count). The number of hydrogen-bond donors (Lipinski definition) is 1. The molecule has 0 aromatic heterocycles. The summed E-state index contributed by atoms with van der Waals surface area (Å²) in [4.78, 5) is 4.88. The maximum atomic E-state index is 9.27. The Labute approximate surface area is 93.1 Å². The van der Waals surface area contributed by atoms with Gasteiger partial charge in [0.2, 0.25) is 0 Å². The van der Waals surface area contributed by atoms with Gasteiger partial charge >= 0.3 is 0 Å². The Balaban J connectivity index is 1.68. The molecule has 2 aliphatic rings. The number of aliphatic hydroxyl groups excluding tert-OH is 1. The third kappa shape index (κ3) is 2.92. The van der Waals surface area contributed by atoms with Gasteiger partial charge in [-0.25, -0.2) is 0 Å². The molecule has 1 saturated carbocycles. The molecule has 1 aliphatic heterocycles. The summed E-state index contributed by atoms with van der Waals surface area (Å²) in [7, 11) is 4.43. The lowest BCUT2D eigenvalue weighted by Crippen LogP contribution is -2.47. The zero-order valence-corrected chi connectivity index (χ0v) is 10.0. The second kappa shape index (κ2) is 4.81. The minimum atomic E-state index is -0.0186. The van der Waals surface area contributed by atoms with Crippen LogP contribution in [0.15, 0.2) is 0 Å². The zero-order valence-electron chi connectivity index (χ0n) is 10.0. The van der Waals surface area contributed by atoms with E-state index < -0.39 is 0 Å². The van der Waals surface area contributed by atoms with Crippen LogP contribution in [0, 0.1) is 5.92 Å². The number of likely N-dealkylation sites (tertiary alicyclic amines) is 1. The fourth-order valence-electron chi connectivity index (χ4n) is 2.72. The Morgan fingerprint density at radius 1 is 1.27 bits per heavy atom. The lowest BCUT2D eigenvalue weighted by Gasteiger charge is -2.41. The molecule has 3 heteroatoms. The molecule has 1 saturated heterocycles. The van der Waals surface area contributed by atoms with Crippen LogP contribution in [0.2, 0.25) is 0 Å². The molecule has 0 atom stereocenters. The van der Waals surface area contributed by atoms with Crippen molar-refractivity contribution < 1.29 is 5.11 Å². The van der Waals surface area contributed by atoms with Crippen LogP contribution in [-0.4, -0.2) is 60.8 Å². The van der Waals surface area contributed by atoms with Crippen molar-refractivity contribution in [3.8, 4) is 0 Å². The number of piperidine rings is 1. The van der Waals surface area contributed by atoms with E-state index >= 15 is 0 Å². The van der Waals surface area contributed by atoms with Crippen LogP contribution < -0.4 is 0 Å².